The van der Waals surface area contributed by atoms with Gasteiger partial charge in [-0.15, -0.1) is 0 Å². The first kappa shape index (κ1) is 37.4. The Morgan fingerprint density at radius 3 is 1.71 bits per heavy atom. The van der Waals surface area contributed by atoms with E-state index in [-0.39, 0.29) is 0 Å². The third kappa shape index (κ3) is 6.18. The molecule has 6 aromatic carbocycles. The lowest BCUT2D eigenvalue weighted by Gasteiger charge is -2.17. The molecule has 3 heterocycles. The topological polar surface area (TPSA) is 46.5 Å². The molecule has 0 aliphatic heterocycles. The van der Waals surface area contributed by atoms with E-state index >= 15 is 0 Å². The van der Waals surface area contributed by atoms with E-state index in [1.54, 1.807) is 0 Å². The summed E-state index contributed by atoms with van der Waals surface area (Å²) in [5, 5.41) is 13.2. The van der Waals surface area contributed by atoms with Crippen LogP contribution in [0.5, 0.6) is 0 Å². The Morgan fingerprint density at radius 1 is 0.593 bits per heavy atom. The molecule has 0 saturated carbocycles. The zero-order valence-corrected chi connectivity index (χ0v) is 34.8. The van der Waals surface area contributed by atoms with Gasteiger partial charge < -0.3 is 4.57 Å². The summed E-state index contributed by atoms with van der Waals surface area (Å²) in [6.45, 7) is 19.5. The molecule has 0 spiro atoms. The normalized spacial score (nSPS) is 11.6. The number of pyridine rings is 1. The summed E-state index contributed by atoms with van der Waals surface area (Å²) in [5.41, 5.74) is 21.4. The van der Waals surface area contributed by atoms with Gasteiger partial charge in [-0.3, -0.25) is 4.57 Å². The largest absolute Gasteiger partial charge is 0.307 e. The highest BCUT2D eigenvalue weighted by Crippen LogP contribution is 2.41. The van der Waals surface area contributed by atoms with Gasteiger partial charge >= 0.3 is 0 Å². The molecule has 0 aliphatic rings. The van der Waals surface area contributed by atoms with E-state index in [1.807, 2.05) is 36.5 Å². The minimum Gasteiger partial charge on any atom is -0.307 e. The predicted molar refractivity (Wildman–Crippen MR) is 250 cm³/mol. The van der Waals surface area contributed by atoms with E-state index in [0.717, 1.165) is 55.8 Å². The molecular weight excluding hydrogens is 717 g/mol. The fraction of sp³-hybridized carbons (Fsp3) is 0.127. The molecule has 0 atom stereocenters. The number of aryl methyl sites for hydroxylation is 6. The summed E-state index contributed by atoms with van der Waals surface area (Å²) in [5.74, 6) is 0.813. The second-order valence-electron chi connectivity index (χ2n) is 16.0. The van der Waals surface area contributed by atoms with Crippen molar-refractivity contribution in [3.63, 3.8) is 0 Å². The Kier molecular flexibility index (Phi) is 9.26. The van der Waals surface area contributed by atoms with Crippen LogP contribution in [0.25, 0.3) is 89.7 Å². The van der Waals surface area contributed by atoms with Gasteiger partial charge in [0.05, 0.1) is 45.8 Å². The number of nitrogens with zero attached hydrogens (tertiary/aromatic N) is 4. The molecule has 0 unspecified atom stereocenters. The molecule has 9 aromatic rings. The zero-order valence-electron chi connectivity index (χ0n) is 34.8. The van der Waals surface area contributed by atoms with Crippen molar-refractivity contribution in [2.24, 2.45) is 0 Å². The Balaban J connectivity index is 1.30. The standard InChI is InChI=1S/C55H46N4/c1-9-13-43-46-28-41(54-35(5)24-33(3)25-36(54)6)20-22-50(46)58(48(43)10-2)52-32-57-53(30-45(52)40-18-16-39(31-56)17-19-40)59-49-15-12-11-14-44(49)47-29-42(21-23-51(47)59)55-37(7)26-34(4)27-38(55)8/h9-30,32H,2H2,1,3-8H3/b13-9-. The van der Waals surface area contributed by atoms with Crippen LogP contribution in [0.1, 0.15) is 57.1 Å². The van der Waals surface area contributed by atoms with Gasteiger partial charge in [0.25, 0.3) is 0 Å². The number of rotatable bonds is 7. The number of para-hydroxylation sites is 1. The van der Waals surface area contributed by atoms with Crippen LogP contribution in [0.3, 0.4) is 0 Å². The highest BCUT2D eigenvalue weighted by molar-refractivity contribution is 6.10. The van der Waals surface area contributed by atoms with E-state index in [4.69, 9.17) is 4.98 Å². The van der Waals surface area contributed by atoms with Crippen molar-refractivity contribution in [2.75, 3.05) is 0 Å². The second-order valence-corrected chi connectivity index (χ2v) is 16.0. The van der Waals surface area contributed by atoms with Gasteiger partial charge in [-0.1, -0.05) is 96.6 Å². The van der Waals surface area contributed by atoms with E-state index in [9.17, 15) is 5.26 Å². The lowest BCUT2D eigenvalue weighted by molar-refractivity contribution is 1.04. The molecule has 0 N–H and O–H groups in total. The van der Waals surface area contributed by atoms with Crippen molar-refractivity contribution in [1.29, 1.82) is 5.26 Å². The number of allylic oxidation sites excluding steroid dienone is 1. The average molecular weight is 763 g/mol. The molecule has 0 saturated heterocycles. The SMILES string of the molecule is C=Cc1c(/C=C\C)c2cc(-c3c(C)cc(C)cc3C)ccc2n1-c1cnc(-n2c3ccccc3c3cc(-c4c(C)cc(C)cc4C)ccc32)cc1-c1ccc(C#N)cc1. The van der Waals surface area contributed by atoms with Crippen LogP contribution in [-0.4, -0.2) is 14.1 Å². The summed E-state index contributed by atoms with van der Waals surface area (Å²) < 4.78 is 4.58. The van der Waals surface area contributed by atoms with Gasteiger partial charge in [0, 0.05) is 27.3 Å². The molecule has 9 rings (SSSR count). The molecule has 4 nitrogen and oxygen atoms in total. The van der Waals surface area contributed by atoms with Crippen molar-refractivity contribution < 1.29 is 0 Å². The maximum Gasteiger partial charge on any atom is 0.138 e. The first-order chi connectivity index (χ1) is 28.6. The second kappa shape index (κ2) is 14.6. The fourth-order valence-corrected chi connectivity index (χ4v) is 9.63. The summed E-state index contributed by atoms with van der Waals surface area (Å²) in [7, 11) is 0. The Hall–Kier alpha value is -7.22. The van der Waals surface area contributed by atoms with Crippen molar-refractivity contribution in [3.05, 3.63) is 184 Å². The Morgan fingerprint density at radius 2 is 1.14 bits per heavy atom. The van der Waals surface area contributed by atoms with Gasteiger partial charge in [-0.05, 0) is 153 Å². The summed E-state index contributed by atoms with van der Waals surface area (Å²) >= 11 is 0. The third-order valence-electron chi connectivity index (χ3n) is 11.8. The highest BCUT2D eigenvalue weighted by atomic mass is 15.1. The van der Waals surface area contributed by atoms with Crippen LogP contribution in [0.2, 0.25) is 0 Å². The number of nitriles is 1. The van der Waals surface area contributed by atoms with Crippen LogP contribution in [0, 0.1) is 52.9 Å². The lowest BCUT2D eigenvalue weighted by Crippen LogP contribution is -2.04. The summed E-state index contributed by atoms with van der Waals surface area (Å²) in [4.78, 5) is 5.31. The first-order valence-electron chi connectivity index (χ1n) is 20.2. The first-order valence-corrected chi connectivity index (χ1v) is 20.2. The van der Waals surface area contributed by atoms with Gasteiger partial charge in [0.15, 0.2) is 0 Å². The minimum atomic E-state index is 0.615. The maximum atomic E-state index is 9.74. The average Bonchev–Trinajstić information content (AvgIpc) is 3.71. The summed E-state index contributed by atoms with van der Waals surface area (Å²) in [6, 6.07) is 43.7. The molecule has 0 radical (unpaired) electrons. The monoisotopic (exact) mass is 762 g/mol. The van der Waals surface area contributed by atoms with Crippen LogP contribution < -0.4 is 0 Å². The van der Waals surface area contributed by atoms with Crippen LogP contribution in [0.15, 0.2) is 134 Å². The van der Waals surface area contributed by atoms with Crippen molar-refractivity contribution in [1.82, 2.24) is 14.1 Å². The van der Waals surface area contributed by atoms with Crippen molar-refractivity contribution in [2.45, 2.75) is 48.5 Å². The minimum absolute atomic E-state index is 0.615. The fourth-order valence-electron chi connectivity index (χ4n) is 9.63. The van der Waals surface area contributed by atoms with Crippen molar-refractivity contribution >= 4 is 44.9 Å². The van der Waals surface area contributed by atoms with Crippen LogP contribution in [-0.2, 0) is 0 Å². The highest BCUT2D eigenvalue weighted by Gasteiger charge is 2.22. The number of fused-ring (bicyclic) bond motifs is 4. The van der Waals surface area contributed by atoms with E-state index in [1.165, 1.54) is 66.4 Å². The molecule has 286 valence electrons. The smallest absolute Gasteiger partial charge is 0.138 e. The van der Waals surface area contributed by atoms with Crippen molar-refractivity contribution in [3.8, 4) is 51.0 Å². The molecule has 59 heavy (non-hydrogen) atoms. The van der Waals surface area contributed by atoms with Gasteiger partial charge in [0.1, 0.15) is 5.82 Å². The quantitative estimate of drug-likeness (QED) is 0.162. The number of hydrogen-bond acceptors (Lipinski definition) is 2. The molecular formula is C55H46N4. The predicted octanol–water partition coefficient (Wildman–Crippen LogP) is 14.5. The van der Waals surface area contributed by atoms with Gasteiger partial charge in [-0.2, -0.15) is 5.26 Å². The van der Waals surface area contributed by atoms with Crippen LogP contribution in [0.4, 0.5) is 0 Å². The summed E-state index contributed by atoms with van der Waals surface area (Å²) in [6.07, 6.45) is 8.24. The van der Waals surface area contributed by atoms with Gasteiger partial charge in [-0.25, -0.2) is 4.98 Å². The Labute approximate surface area is 346 Å². The Bertz CT molecular complexity index is 3200. The molecule has 0 bridgehead atoms. The van der Waals surface area contributed by atoms with E-state index in [0.29, 0.717) is 5.56 Å². The van der Waals surface area contributed by atoms with E-state index in [2.05, 4.69) is 173 Å². The molecule has 0 amide bonds. The maximum absolute atomic E-state index is 9.74. The van der Waals surface area contributed by atoms with Gasteiger partial charge in [0.2, 0.25) is 0 Å². The molecule has 4 heteroatoms. The zero-order chi connectivity index (χ0) is 41.1. The molecule has 0 fully saturated rings. The molecule has 3 aromatic heterocycles. The lowest BCUT2D eigenvalue weighted by atomic mass is 9.93. The number of aromatic nitrogens is 3. The number of benzene rings is 6. The third-order valence-corrected chi connectivity index (χ3v) is 11.8. The van der Waals surface area contributed by atoms with E-state index < -0.39 is 0 Å². The number of hydrogen-bond donors (Lipinski definition) is 0. The molecule has 0 aliphatic carbocycles. The van der Waals surface area contributed by atoms with Crippen LogP contribution >= 0.6 is 0 Å².